The van der Waals surface area contributed by atoms with E-state index in [2.05, 4.69) is 15.8 Å². The van der Waals surface area contributed by atoms with Crippen LogP contribution in [0.4, 0.5) is 11.4 Å². The summed E-state index contributed by atoms with van der Waals surface area (Å²) in [5.41, 5.74) is 4.39. The Hall–Kier alpha value is -3.19. The van der Waals surface area contributed by atoms with E-state index in [0.29, 0.717) is 37.4 Å². The van der Waals surface area contributed by atoms with E-state index >= 15 is 0 Å². The Balaban J connectivity index is 1.76. The first-order valence-corrected chi connectivity index (χ1v) is 10.1. The molecule has 1 heterocycles. The zero-order valence-corrected chi connectivity index (χ0v) is 18.0. The fourth-order valence-corrected chi connectivity index (χ4v) is 3.35. The van der Waals surface area contributed by atoms with Crippen molar-refractivity contribution in [1.29, 1.82) is 0 Å². The molecule has 1 amide bonds. The third-order valence-electron chi connectivity index (χ3n) is 4.29. The number of hydrogen-bond donors (Lipinski definition) is 3. The molecule has 0 atom stereocenters. The molecule has 6 nitrogen and oxygen atoms in total. The van der Waals surface area contributed by atoms with E-state index in [1.807, 2.05) is 0 Å². The molecule has 0 saturated heterocycles. The smallest absolute Gasteiger partial charge is 0.261 e. The van der Waals surface area contributed by atoms with E-state index in [-0.39, 0.29) is 16.9 Å². The third-order valence-corrected chi connectivity index (χ3v) is 5.09. The molecule has 0 unspecified atom stereocenters. The highest BCUT2D eigenvalue weighted by molar-refractivity contribution is 6.36. The molecule has 0 radical (unpaired) electrons. The van der Waals surface area contributed by atoms with Crippen molar-refractivity contribution in [2.45, 2.75) is 0 Å². The first-order chi connectivity index (χ1) is 14.9. The number of benzene rings is 3. The van der Waals surface area contributed by atoms with E-state index in [0.717, 1.165) is 0 Å². The van der Waals surface area contributed by atoms with Gasteiger partial charge in [0.25, 0.3) is 5.91 Å². The number of phenols is 1. The Morgan fingerprint density at radius 2 is 1.65 bits per heavy atom. The number of rotatable bonds is 4. The number of nitrogens with zero attached hydrogens (tertiary/aromatic N) is 1. The number of anilines is 2. The van der Waals surface area contributed by atoms with Crippen molar-refractivity contribution in [3.05, 3.63) is 92.9 Å². The average molecular weight is 475 g/mol. The largest absolute Gasteiger partial charge is 0.508 e. The molecule has 31 heavy (non-hydrogen) atoms. The van der Waals surface area contributed by atoms with Crippen LogP contribution in [0.2, 0.25) is 15.1 Å². The fourth-order valence-electron chi connectivity index (χ4n) is 2.77. The van der Waals surface area contributed by atoms with Gasteiger partial charge in [0.05, 0.1) is 16.4 Å². The van der Waals surface area contributed by atoms with Crippen molar-refractivity contribution in [3.8, 4) is 5.75 Å². The number of fused-ring (bicyclic) bond motifs is 1. The average Bonchev–Trinajstić information content (AvgIpc) is 2.74. The maximum Gasteiger partial charge on any atom is 0.261 e. The number of halogens is 3. The summed E-state index contributed by atoms with van der Waals surface area (Å²) < 4.78 is 5.80. The lowest BCUT2D eigenvalue weighted by molar-refractivity contribution is 0.102. The minimum atomic E-state index is -0.486. The maximum atomic E-state index is 13.0. The lowest BCUT2D eigenvalue weighted by atomic mass is 10.1. The second-order valence-electron chi connectivity index (χ2n) is 6.50. The summed E-state index contributed by atoms with van der Waals surface area (Å²) >= 11 is 18.0. The van der Waals surface area contributed by atoms with Gasteiger partial charge in [-0.25, -0.2) is 0 Å². The van der Waals surface area contributed by atoms with Gasteiger partial charge in [-0.2, -0.15) is 0 Å². The van der Waals surface area contributed by atoms with E-state index in [9.17, 15) is 9.90 Å². The highest BCUT2D eigenvalue weighted by atomic mass is 35.5. The molecular weight excluding hydrogens is 461 g/mol. The normalized spacial score (nSPS) is 11.5. The predicted molar refractivity (Wildman–Crippen MR) is 123 cm³/mol. The second kappa shape index (κ2) is 8.89. The fraction of sp³-hybridized carbons (Fsp3) is 0. The van der Waals surface area contributed by atoms with Crippen molar-refractivity contribution < 1.29 is 14.3 Å². The van der Waals surface area contributed by atoms with Crippen LogP contribution in [0.25, 0.3) is 11.0 Å². The number of carbonyl (C=O) groups excluding carboxylic acids is 1. The molecule has 1 aromatic heterocycles. The Bertz CT molecular complexity index is 1350. The van der Waals surface area contributed by atoms with Gasteiger partial charge >= 0.3 is 0 Å². The molecule has 0 aliphatic carbocycles. The molecule has 0 spiro atoms. The van der Waals surface area contributed by atoms with Gasteiger partial charge in [-0.3, -0.25) is 10.2 Å². The van der Waals surface area contributed by atoms with Gasteiger partial charge in [0.15, 0.2) is 0 Å². The third kappa shape index (κ3) is 4.94. The molecule has 4 aromatic rings. The Morgan fingerprint density at radius 1 is 0.903 bits per heavy atom. The topological polar surface area (TPSA) is 86.9 Å². The molecule has 3 N–H and O–H groups in total. The number of hydrogen-bond acceptors (Lipinski definition) is 5. The van der Waals surface area contributed by atoms with Crippen LogP contribution < -0.4 is 16.3 Å². The monoisotopic (exact) mass is 473 g/mol. The Morgan fingerprint density at radius 3 is 2.39 bits per heavy atom. The summed E-state index contributed by atoms with van der Waals surface area (Å²) in [4.78, 5) is 13.0. The van der Waals surface area contributed by atoms with Crippen LogP contribution in [0.3, 0.4) is 0 Å². The van der Waals surface area contributed by atoms with Crippen molar-refractivity contribution in [3.63, 3.8) is 0 Å². The van der Waals surface area contributed by atoms with Gasteiger partial charge in [-0.15, -0.1) is 5.10 Å². The standard InChI is InChI=1S/C22H14Cl3N3O3/c23-13-2-5-15(6-3-13)27-28-22-17(9-12-1-7-16(29)11-20(12)31-22)21(30)26-19-8-4-14(24)10-18(19)25/h1-11,27,29H,(H,26,30)/b28-22-. The molecule has 156 valence electrons. The van der Waals surface area contributed by atoms with Gasteiger partial charge in [0.1, 0.15) is 16.9 Å². The minimum absolute atomic E-state index is 0.00985. The van der Waals surface area contributed by atoms with Crippen LogP contribution in [0.5, 0.6) is 5.75 Å². The quantitative estimate of drug-likeness (QED) is 0.304. The summed E-state index contributed by atoms with van der Waals surface area (Å²) in [6.45, 7) is 0. The van der Waals surface area contributed by atoms with Crippen LogP contribution >= 0.6 is 34.8 Å². The van der Waals surface area contributed by atoms with Crippen molar-refractivity contribution in [2.24, 2.45) is 5.10 Å². The van der Waals surface area contributed by atoms with Crippen LogP contribution in [-0.2, 0) is 0 Å². The molecule has 0 saturated carbocycles. The number of carbonyl (C=O) groups is 1. The number of nitrogens with one attached hydrogen (secondary N) is 2. The second-order valence-corrected chi connectivity index (χ2v) is 7.78. The highest BCUT2D eigenvalue weighted by Crippen LogP contribution is 2.26. The first-order valence-electron chi connectivity index (χ1n) is 8.97. The zero-order chi connectivity index (χ0) is 22.0. The molecule has 3 aromatic carbocycles. The number of phenolic OH excluding ortho intramolecular Hbond substituents is 1. The molecule has 0 bridgehead atoms. The van der Waals surface area contributed by atoms with Crippen LogP contribution in [0, 0.1) is 0 Å². The summed E-state index contributed by atoms with van der Waals surface area (Å²) in [6.07, 6.45) is 0. The number of amides is 1. The van der Waals surface area contributed by atoms with E-state index in [1.165, 1.54) is 18.2 Å². The lowest BCUT2D eigenvalue weighted by Gasteiger charge is -2.09. The maximum absolute atomic E-state index is 13.0. The van der Waals surface area contributed by atoms with Crippen molar-refractivity contribution in [1.82, 2.24) is 0 Å². The number of aromatic hydroxyl groups is 1. The summed E-state index contributed by atoms with van der Waals surface area (Å²) in [7, 11) is 0. The molecule has 0 aliphatic rings. The van der Waals surface area contributed by atoms with Gasteiger partial charge in [-0.05, 0) is 60.7 Å². The first kappa shape index (κ1) is 21.1. The lowest BCUT2D eigenvalue weighted by Crippen LogP contribution is -2.22. The molecule has 0 aliphatic heterocycles. The van der Waals surface area contributed by atoms with Crippen LogP contribution in [-0.4, -0.2) is 11.0 Å². The van der Waals surface area contributed by atoms with Crippen molar-refractivity contribution in [2.75, 3.05) is 10.7 Å². The van der Waals surface area contributed by atoms with E-state index in [4.69, 9.17) is 39.2 Å². The Kier molecular flexibility index (Phi) is 6.04. The van der Waals surface area contributed by atoms with Crippen LogP contribution in [0.1, 0.15) is 10.4 Å². The molecule has 0 fully saturated rings. The SMILES string of the molecule is O=C(Nc1ccc(Cl)cc1Cl)c1cc2ccc(O)cc2o/c1=N\Nc1ccc(Cl)cc1. The Labute approximate surface area is 191 Å². The van der Waals surface area contributed by atoms with Gasteiger partial charge < -0.3 is 14.8 Å². The minimum Gasteiger partial charge on any atom is -0.508 e. The van der Waals surface area contributed by atoms with E-state index in [1.54, 1.807) is 48.5 Å². The zero-order valence-electron chi connectivity index (χ0n) is 15.7. The summed E-state index contributed by atoms with van der Waals surface area (Å²) in [6, 6.07) is 17.8. The predicted octanol–water partition coefficient (Wildman–Crippen LogP) is 6.28. The van der Waals surface area contributed by atoms with Crippen molar-refractivity contribution >= 4 is 63.1 Å². The van der Waals surface area contributed by atoms with Gasteiger partial charge in [0.2, 0.25) is 5.55 Å². The molecular formula is C22H14Cl3N3O3. The summed E-state index contributed by atoms with van der Waals surface area (Å²) in [5.74, 6) is -0.461. The molecule has 4 rings (SSSR count). The molecule has 9 heteroatoms. The van der Waals surface area contributed by atoms with Crippen LogP contribution in [0.15, 0.2) is 76.2 Å². The summed E-state index contributed by atoms with van der Waals surface area (Å²) in [5, 5.41) is 18.6. The van der Waals surface area contributed by atoms with Gasteiger partial charge in [-0.1, -0.05) is 34.8 Å². The van der Waals surface area contributed by atoms with E-state index < -0.39 is 5.91 Å². The highest BCUT2D eigenvalue weighted by Gasteiger charge is 2.15. The van der Waals surface area contributed by atoms with Gasteiger partial charge in [0, 0.05) is 21.5 Å².